The fourth-order valence-corrected chi connectivity index (χ4v) is 3.20. The number of carboxylic acid groups (broad SMARTS) is 1. The Hall–Kier alpha value is -3.81. The van der Waals surface area contributed by atoms with Gasteiger partial charge in [-0.1, -0.05) is 6.07 Å². The fraction of sp³-hybridized carbons (Fsp3) is 0.261. The Morgan fingerprint density at radius 1 is 1.10 bits per heavy atom. The number of fused-ring (bicyclic) bond motifs is 1. The summed E-state index contributed by atoms with van der Waals surface area (Å²) in [6.07, 6.45) is 1.31. The number of furan rings is 1. The van der Waals surface area contributed by atoms with E-state index in [1.807, 2.05) is 19.1 Å². The van der Waals surface area contributed by atoms with Crippen LogP contribution in [-0.4, -0.2) is 36.9 Å². The van der Waals surface area contributed by atoms with Gasteiger partial charge in [0, 0.05) is 22.2 Å². The van der Waals surface area contributed by atoms with E-state index in [9.17, 15) is 14.7 Å². The first-order valence-electron chi connectivity index (χ1n) is 9.65. The highest BCUT2D eigenvalue weighted by atomic mass is 16.5. The summed E-state index contributed by atoms with van der Waals surface area (Å²) in [5.41, 5.74) is 5.89. The monoisotopic (exact) mass is 424 g/mol. The minimum atomic E-state index is -1.08. The van der Waals surface area contributed by atoms with Crippen LogP contribution in [0.3, 0.4) is 0 Å². The summed E-state index contributed by atoms with van der Waals surface area (Å²) in [5, 5.41) is 14.1. The molecule has 162 valence electrons. The second-order valence-corrected chi connectivity index (χ2v) is 7.05. The first-order chi connectivity index (χ1) is 14.8. The SMILES string of the molecule is COc1ccc(C(=O)N/N=C(\C)CCc2ccc3oc(C(=O)O)c(C)c3c2)cc1OC. The third-order valence-electron chi connectivity index (χ3n) is 4.96. The number of nitrogens with zero attached hydrogens (tertiary/aromatic N) is 1. The zero-order valence-corrected chi connectivity index (χ0v) is 17.8. The topological polar surface area (TPSA) is 110 Å². The van der Waals surface area contributed by atoms with Gasteiger partial charge in [-0.3, -0.25) is 4.79 Å². The van der Waals surface area contributed by atoms with E-state index in [-0.39, 0.29) is 11.7 Å². The number of carboxylic acids is 1. The van der Waals surface area contributed by atoms with Crippen LogP contribution >= 0.6 is 0 Å². The standard InChI is InChI=1S/C23H24N2O6/c1-13(24-25-22(26)16-8-10-19(29-3)20(12-16)30-4)5-6-15-7-9-18-17(11-15)14(2)21(31-18)23(27)28/h7-12H,5-6H2,1-4H3,(H,25,26)(H,27,28)/b24-13+. The molecule has 0 aliphatic heterocycles. The van der Waals surface area contributed by atoms with Crippen molar-refractivity contribution >= 4 is 28.6 Å². The molecule has 0 fully saturated rings. The second-order valence-electron chi connectivity index (χ2n) is 7.05. The van der Waals surface area contributed by atoms with Crippen LogP contribution in [0.15, 0.2) is 45.9 Å². The Kier molecular flexibility index (Phi) is 6.59. The molecule has 0 atom stereocenters. The van der Waals surface area contributed by atoms with Gasteiger partial charge < -0.3 is 19.0 Å². The second kappa shape index (κ2) is 9.34. The molecule has 0 aliphatic rings. The van der Waals surface area contributed by atoms with E-state index in [4.69, 9.17) is 13.9 Å². The van der Waals surface area contributed by atoms with Crippen LogP contribution in [0.1, 0.15) is 45.4 Å². The number of carbonyl (C=O) groups excluding carboxylic acids is 1. The molecule has 2 N–H and O–H groups in total. The maximum absolute atomic E-state index is 12.4. The number of carbonyl (C=O) groups is 2. The van der Waals surface area contributed by atoms with Gasteiger partial charge in [0.25, 0.3) is 5.91 Å². The van der Waals surface area contributed by atoms with Gasteiger partial charge in [-0.25, -0.2) is 10.2 Å². The predicted octanol–water partition coefficient (Wildman–Crippen LogP) is 4.20. The van der Waals surface area contributed by atoms with Crippen LogP contribution in [0, 0.1) is 6.92 Å². The van der Waals surface area contributed by atoms with Gasteiger partial charge >= 0.3 is 5.97 Å². The van der Waals surface area contributed by atoms with Crippen LogP contribution in [-0.2, 0) is 6.42 Å². The lowest BCUT2D eigenvalue weighted by Crippen LogP contribution is -2.19. The lowest BCUT2D eigenvalue weighted by atomic mass is 10.0. The average Bonchev–Trinajstić information content (AvgIpc) is 3.11. The largest absolute Gasteiger partial charge is 0.493 e. The van der Waals surface area contributed by atoms with Crippen molar-refractivity contribution in [2.45, 2.75) is 26.7 Å². The molecule has 0 spiro atoms. The number of hydrogen-bond donors (Lipinski definition) is 2. The number of benzene rings is 2. The number of methoxy groups -OCH3 is 2. The lowest BCUT2D eigenvalue weighted by Gasteiger charge is -2.09. The molecule has 0 saturated heterocycles. The maximum Gasteiger partial charge on any atom is 0.372 e. The summed E-state index contributed by atoms with van der Waals surface area (Å²) in [6, 6.07) is 10.5. The van der Waals surface area contributed by atoms with E-state index in [0.29, 0.717) is 41.1 Å². The Labute approximate surface area is 179 Å². The number of aromatic carboxylic acids is 1. The van der Waals surface area contributed by atoms with E-state index < -0.39 is 5.97 Å². The predicted molar refractivity (Wildman–Crippen MR) is 116 cm³/mol. The molecular formula is C23H24N2O6. The molecule has 0 saturated carbocycles. The number of hydrazone groups is 1. The molecule has 3 aromatic rings. The van der Waals surface area contributed by atoms with E-state index >= 15 is 0 Å². The molecule has 3 rings (SSSR count). The van der Waals surface area contributed by atoms with Crippen molar-refractivity contribution in [2.24, 2.45) is 5.10 Å². The van der Waals surface area contributed by atoms with Gasteiger partial charge in [-0.15, -0.1) is 0 Å². The minimum Gasteiger partial charge on any atom is -0.493 e. The molecule has 2 aromatic carbocycles. The van der Waals surface area contributed by atoms with Crippen molar-refractivity contribution in [3.05, 3.63) is 58.8 Å². The van der Waals surface area contributed by atoms with Crippen molar-refractivity contribution in [2.75, 3.05) is 14.2 Å². The molecule has 0 radical (unpaired) electrons. The van der Waals surface area contributed by atoms with Crippen molar-refractivity contribution in [3.8, 4) is 11.5 Å². The number of aryl methyl sites for hydroxylation is 2. The van der Waals surface area contributed by atoms with Crippen LogP contribution in [0.4, 0.5) is 0 Å². The Morgan fingerprint density at radius 3 is 2.52 bits per heavy atom. The lowest BCUT2D eigenvalue weighted by molar-refractivity contribution is 0.0663. The first kappa shape index (κ1) is 21.9. The Bertz CT molecular complexity index is 1160. The normalized spacial score (nSPS) is 11.4. The molecule has 1 aromatic heterocycles. The zero-order chi connectivity index (χ0) is 22.5. The van der Waals surface area contributed by atoms with Crippen molar-refractivity contribution < 1.29 is 28.6 Å². The van der Waals surface area contributed by atoms with Gasteiger partial charge in [0.1, 0.15) is 5.58 Å². The maximum atomic E-state index is 12.4. The molecule has 0 unspecified atom stereocenters. The van der Waals surface area contributed by atoms with Crippen LogP contribution in [0.25, 0.3) is 11.0 Å². The van der Waals surface area contributed by atoms with E-state index in [1.165, 1.54) is 14.2 Å². The smallest absolute Gasteiger partial charge is 0.372 e. The third-order valence-corrected chi connectivity index (χ3v) is 4.96. The number of ether oxygens (including phenoxy) is 2. The third kappa shape index (κ3) is 4.85. The number of rotatable bonds is 8. The van der Waals surface area contributed by atoms with Crippen LogP contribution in [0.2, 0.25) is 0 Å². The van der Waals surface area contributed by atoms with Crippen molar-refractivity contribution in [1.29, 1.82) is 0 Å². The summed E-state index contributed by atoms with van der Waals surface area (Å²) in [7, 11) is 3.04. The first-order valence-corrected chi connectivity index (χ1v) is 9.65. The van der Waals surface area contributed by atoms with Crippen molar-refractivity contribution in [3.63, 3.8) is 0 Å². The highest BCUT2D eigenvalue weighted by Crippen LogP contribution is 2.28. The molecular weight excluding hydrogens is 400 g/mol. The molecule has 0 bridgehead atoms. The summed E-state index contributed by atoms with van der Waals surface area (Å²) >= 11 is 0. The van der Waals surface area contributed by atoms with E-state index in [2.05, 4.69) is 10.5 Å². The zero-order valence-electron chi connectivity index (χ0n) is 17.8. The highest BCUT2D eigenvalue weighted by molar-refractivity contribution is 5.96. The quantitative estimate of drug-likeness (QED) is 0.414. The Morgan fingerprint density at radius 2 is 1.84 bits per heavy atom. The summed E-state index contributed by atoms with van der Waals surface area (Å²) in [6.45, 7) is 3.56. The van der Waals surface area contributed by atoms with E-state index in [0.717, 1.165) is 16.7 Å². The average molecular weight is 424 g/mol. The summed E-state index contributed by atoms with van der Waals surface area (Å²) in [4.78, 5) is 23.6. The van der Waals surface area contributed by atoms with Crippen LogP contribution < -0.4 is 14.9 Å². The summed E-state index contributed by atoms with van der Waals surface area (Å²) < 4.78 is 15.8. The molecule has 1 amide bonds. The summed E-state index contributed by atoms with van der Waals surface area (Å²) in [5.74, 6) is -0.464. The highest BCUT2D eigenvalue weighted by Gasteiger charge is 2.16. The fourth-order valence-electron chi connectivity index (χ4n) is 3.20. The minimum absolute atomic E-state index is 0.0391. The number of amides is 1. The molecule has 31 heavy (non-hydrogen) atoms. The number of hydrogen-bond acceptors (Lipinski definition) is 6. The molecule has 1 heterocycles. The number of nitrogens with one attached hydrogen (secondary N) is 1. The molecule has 8 nitrogen and oxygen atoms in total. The van der Waals surface area contributed by atoms with Crippen molar-refractivity contribution in [1.82, 2.24) is 5.43 Å². The van der Waals surface area contributed by atoms with Gasteiger partial charge in [-0.05, 0) is 62.6 Å². The van der Waals surface area contributed by atoms with Gasteiger partial charge in [0.2, 0.25) is 5.76 Å². The molecule has 8 heteroatoms. The van der Waals surface area contributed by atoms with E-state index in [1.54, 1.807) is 31.2 Å². The van der Waals surface area contributed by atoms with Gasteiger partial charge in [0.15, 0.2) is 11.5 Å². The van der Waals surface area contributed by atoms with Crippen LogP contribution in [0.5, 0.6) is 11.5 Å². The molecule has 0 aliphatic carbocycles. The Balaban J connectivity index is 1.64. The van der Waals surface area contributed by atoms with Gasteiger partial charge in [0.05, 0.1) is 14.2 Å². The van der Waals surface area contributed by atoms with Gasteiger partial charge in [-0.2, -0.15) is 5.10 Å².